The number of aromatic nitrogens is 5. The van der Waals surface area contributed by atoms with Crippen LogP contribution in [0.2, 0.25) is 0 Å². The van der Waals surface area contributed by atoms with E-state index in [0.29, 0.717) is 11.3 Å². The number of hydrogen-bond acceptors (Lipinski definition) is 7. The molecule has 0 radical (unpaired) electrons. The average Bonchev–Trinajstić information content (AvgIpc) is 3.07. The lowest BCUT2D eigenvalue weighted by atomic mass is 9.63. The lowest BCUT2D eigenvalue weighted by Gasteiger charge is -2.56. The van der Waals surface area contributed by atoms with Crippen LogP contribution in [0, 0.1) is 5.41 Å². The first-order chi connectivity index (χ1) is 12.7. The SMILES string of the molecule is COc1ncc(-c2cc(N3CC4(CCC4)C3)c3nccn3n2)c(OC)n1. The number of ether oxygens (including phenoxy) is 2. The molecule has 2 aliphatic rings. The van der Waals surface area contributed by atoms with Crippen molar-refractivity contribution >= 4 is 11.3 Å². The molecule has 3 aromatic heterocycles. The fraction of sp³-hybridized carbons (Fsp3) is 0.444. The van der Waals surface area contributed by atoms with Crippen LogP contribution < -0.4 is 14.4 Å². The van der Waals surface area contributed by atoms with Gasteiger partial charge >= 0.3 is 6.01 Å². The second-order valence-electron chi connectivity index (χ2n) is 7.10. The molecule has 1 saturated heterocycles. The fourth-order valence-corrected chi connectivity index (χ4v) is 3.97. The first-order valence-corrected chi connectivity index (χ1v) is 8.76. The molecule has 0 unspecified atom stereocenters. The Hall–Kier alpha value is -2.90. The van der Waals surface area contributed by atoms with Crippen LogP contribution in [0.15, 0.2) is 24.7 Å². The molecule has 5 rings (SSSR count). The molecular weight excluding hydrogens is 332 g/mol. The van der Waals surface area contributed by atoms with Crippen molar-refractivity contribution in [3.63, 3.8) is 0 Å². The fourth-order valence-electron chi connectivity index (χ4n) is 3.97. The van der Waals surface area contributed by atoms with Gasteiger partial charge in [0.25, 0.3) is 0 Å². The van der Waals surface area contributed by atoms with Gasteiger partial charge < -0.3 is 14.4 Å². The predicted molar refractivity (Wildman–Crippen MR) is 95.6 cm³/mol. The first-order valence-electron chi connectivity index (χ1n) is 8.76. The van der Waals surface area contributed by atoms with Gasteiger partial charge in [-0.3, -0.25) is 0 Å². The summed E-state index contributed by atoms with van der Waals surface area (Å²) in [4.78, 5) is 15.4. The minimum absolute atomic E-state index is 0.268. The maximum Gasteiger partial charge on any atom is 0.319 e. The number of nitrogens with zero attached hydrogens (tertiary/aromatic N) is 6. The maximum atomic E-state index is 5.43. The Morgan fingerprint density at radius 2 is 1.96 bits per heavy atom. The van der Waals surface area contributed by atoms with Crippen molar-refractivity contribution in [2.75, 3.05) is 32.2 Å². The zero-order valence-corrected chi connectivity index (χ0v) is 14.8. The summed E-state index contributed by atoms with van der Waals surface area (Å²) in [5, 5.41) is 4.67. The summed E-state index contributed by atoms with van der Waals surface area (Å²) in [6.45, 7) is 2.18. The van der Waals surface area contributed by atoms with Crippen molar-refractivity contribution in [3.8, 4) is 23.1 Å². The van der Waals surface area contributed by atoms with E-state index in [4.69, 9.17) is 9.47 Å². The minimum atomic E-state index is 0.268. The van der Waals surface area contributed by atoms with E-state index in [1.807, 2.05) is 6.20 Å². The third kappa shape index (κ3) is 2.21. The van der Waals surface area contributed by atoms with E-state index in [1.54, 1.807) is 24.0 Å². The monoisotopic (exact) mass is 352 g/mol. The van der Waals surface area contributed by atoms with Crippen molar-refractivity contribution in [1.29, 1.82) is 0 Å². The molecule has 134 valence electrons. The Kier molecular flexibility index (Phi) is 3.28. The predicted octanol–water partition coefficient (Wildman–Crippen LogP) is 2.19. The van der Waals surface area contributed by atoms with Crippen LogP contribution in [0.25, 0.3) is 16.9 Å². The van der Waals surface area contributed by atoms with Gasteiger partial charge in [0.15, 0.2) is 5.65 Å². The van der Waals surface area contributed by atoms with E-state index < -0.39 is 0 Å². The number of imidazole rings is 1. The zero-order chi connectivity index (χ0) is 17.7. The number of methoxy groups -OCH3 is 2. The Balaban J connectivity index is 1.59. The molecular formula is C18H20N6O2. The van der Waals surface area contributed by atoms with Crippen molar-refractivity contribution < 1.29 is 9.47 Å². The number of anilines is 1. The second kappa shape index (κ2) is 5.55. The summed E-state index contributed by atoms with van der Waals surface area (Å²) >= 11 is 0. The van der Waals surface area contributed by atoms with Crippen molar-refractivity contribution in [2.45, 2.75) is 19.3 Å². The van der Waals surface area contributed by atoms with Gasteiger partial charge in [-0.15, -0.1) is 0 Å². The highest BCUT2D eigenvalue weighted by Crippen LogP contribution is 2.50. The smallest absolute Gasteiger partial charge is 0.319 e. The minimum Gasteiger partial charge on any atom is -0.480 e. The van der Waals surface area contributed by atoms with Crippen molar-refractivity contribution in [2.24, 2.45) is 5.41 Å². The van der Waals surface area contributed by atoms with Crippen LogP contribution in [0.4, 0.5) is 5.69 Å². The molecule has 8 nitrogen and oxygen atoms in total. The second-order valence-corrected chi connectivity index (χ2v) is 7.10. The Bertz CT molecular complexity index is 973. The van der Waals surface area contributed by atoms with Crippen LogP contribution >= 0.6 is 0 Å². The van der Waals surface area contributed by atoms with Gasteiger partial charge in [-0.25, -0.2) is 14.5 Å². The van der Waals surface area contributed by atoms with Gasteiger partial charge in [0.1, 0.15) is 5.69 Å². The number of fused-ring (bicyclic) bond motifs is 1. The van der Waals surface area contributed by atoms with Crippen LogP contribution in [-0.4, -0.2) is 51.9 Å². The van der Waals surface area contributed by atoms with Crippen molar-refractivity contribution in [3.05, 3.63) is 24.7 Å². The summed E-state index contributed by atoms with van der Waals surface area (Å²) in [5.74, 6) is 0.439. The molecule has 26 heavy (non-hydrogen) atoms. The Labute approximate surface area is 150 Å². The highest BCUT2D eigenvalue weighted by atomic mass is 16.5. The van der Waals surface area contributed by atoms with Crippen LogP contribution in [0.5, 0.6) is 11.9 Å². The lowest BCUT2D eigenvalue weighted by molar-refractivity contribution is 0.0905. The molecule has 0 bridgehead atoms. The van der Waals surface area contributed by atoms with E-state index in [0.717, 1.165) is 35.7 Å². The molecule has 0 amide bonds. The topological polar surface area (TPSA) is 77.7 Å². The molecule has 4 heterocycles. The van der Waals surface area contributed by atoms with Gasteiger partial charge in [0.2, 0.25) is 5.88 Å². The first kappa shape index (κ1) is 15.4. The lowest BCUT2D eigenvalue weighted by Crippen LogP contribution is -2.60. The largest absolute Gasteiger partial charge is 0.480 e. The molecule has 0 N–H and O–H groups in total. The highest BCUT2D eigenvalue weighted by Gasteiger charge is 2.47. The summed E-state index contributed by atoms with van der Waals surface area (Å²) in [7, 11) is 3.11. The van der Waals surface area contributed by atoms with E-state index in [-0.39, 0.29) is 6.01 Å². The Morgan fingerprint density at radius 3 is 2.65 bits per heavy atom. The van der Waals surface area contributed by atoms with Gasteiger partial charge in [0, 0.05) is 37.1 Å². The summed E-state index contributed by atoms with van der Waals surface area (Å²) < 4.78 is 12.3. The molecule has 8 heteroatoms. The maximum absolute atomic E-state index is 5.43. The third-order valence-corrected chi connectivity index (χ3v) is 5.53. The van der Waals surface area contributed by atoms with Crippen LogP contribution in [0.1, 0.15) is 19.3 Å². The molecule has 1 aliphatic heterocycles. The molecule has 3 aromatic rings. The molecule has 1 aliphatic carbocycles. The van der Waals surface area contributed by atoms with E-state index in [2.05, 4.69) is 31.0 Å². The summed E-state index contributed by atoms with van der Waals surface area (Å²) in [6, 6.07) is 2.32. The van der Waals surface area contributed by atoms with E-state index >= 15 is 0 Å². The van der Waals surface area contributed by atoms with Gasteiger partial charge in [-0.2, -0.15) is 10.1 Å². The average molecular weight is 352 g/mol. The number of hydrogen-bond donors (Lipinski definition) is 0. The van der Waals surface area contributed by atoms with Crippen molar-refractivity contribution in [1.82, 2.24) is 24.6 Å². The standard InChI is InChI=1S/C18H20N6O2/c1-25-16-12(9-20-17(21-16)26-2)13-8-14(15-19-6-7-24(15)22-13)23-10-18(11-23)4-3-5-18/h6-9H,3-5,10-11H2,1-2H3. The normalized spacial score (nSPS) is 17.8. The van der Waals surface area contributed by atoms with E-state index in [1.165, 1.54) is 26.4 Å². The van der Waals surface area contributed by atoms with Gasteiger partial charge in [-0.05, 0) is 18.9 Å². The zero-order valence-electron chi connectivity index (χ0n) is 14.8. The molecule has 0 aromatic carbocycles. The molecule has 1 saturated carbocycles. The summed E-state index contributed by atoms with van der Waals surface area (Å²) in [5.41, 5.74) is 3.98. The quantitative estimate of drug-likeness (QED) is 0.712. The van der Waals surface area contributed by atoms with E-state index in [9.17, 15) is 0 Å². The third-order valence-electron chi connectivity index (χ3n) is 5.53. The molecule has 0 atom stereocenters. The molecule has 1 spiro atoms. The summed E-state index contributed by atoms with van der Waals surface area (Å²) in [6.07, 6.45) is 9.35. The van der Waals surface area contributed by atoms with Crippen LogP contribution in [-0.2, 0) is 0 Å². The van der Waals surface area contributed by atoms with Gasteiger partial charge in [0.05, 0.1) is 25.5 Å². The van der Waals surface area contributed by atoms with Crippen LogP contribution in [0.3, 0.4) is 0 Å². The molecule has 2 fully saturated rings. The number of rotatable bonds is 4. The Morgan fingerprint density at radius 1 is 1.12 bits per heavy atom. The highest BCUT2D eigenvalue weighted by molar-refractivity contribution is 5.77. The van der Waals surface area contributed by atoms with Gasteiger partial charge in [-0.1, -0.05) is 6.42 Å².